The molecule has 0 radical (unpaired) electrons. The molecule has 0 heterocycles. The molecule has 0 aliphatic carbocycles. The van der Waals surface area contributed by atoms with E-state index in [1.54, 1.807) is 12.1 Å². The molecule has 0 aliphatic rings. The summed E-state index contributed by atoms with van der Waals surface area (Å²) in [5.74, 6) is 0.496. The quantitative estimate of drug-likeness (QED) is 0.812. The second kappa shape index (κ2) is 5.89. The van der Waals surface area contributed by atoms with Crippen molar-refractivity contribution in [2.24, 2.45) is 5.92 Å². The van der Waals surface area contributed by atoms with E-state index >= 15 is 0 Å². The van der Waals surface area contributed by atoms with Gasteiger partial charge in [-0.25, -0.2) is 0 Å². The van der Waals surface area contributed by atoms with Gasteiger partial charge in [0.25, 0.3) is 0 Å². The van der Waals surface area contributed by atoms with E-state index in [2.05, 4.69) is 32.6 Å². The average Bonchev–Trinajstić information content (AvgIpc) is 2.24. The summed E-state index contributed by atoms with van der Waals surface area (Å²) in [6.45, 7) is 11.0. The van der Waals surface area contributed by atoms with Gasteiger partial charge < -0.3 is 10.0 Å². The molecule has 1 aromatic rings. The normalized spacial score (nSPS) is 11.1. The van der Waals surface area contributed by atoms with Gasteiger partial charge in [-0.2, -0.15) is 0 Å². The molecule has 0 unspecified atom stereocenters. The van der Waals surface area contributed by atoms with Crippen LogP contribution in [0.15, 0.2) is 18.2 Å². The van der Waals surface area contributed by atoms with E-state index in [-0.39, 0.29) is 11.5 Å². The lowest BCUT2D eigenvalue weighted by Crippen LogP contribution is -2.34. The fourth-order valence-electron chi connectivity index (χ4n) is 2.00. The largest absolute Gasteiger partial charge is 0.507 e. The van der Waals surface area contributed by atoms with Crippen LogP contribution in [0.1, 0.15) is 45.0 Å². The van der Waals surface area contributed by atoms with E-state index in [0.29, 0.717) is 17.5 Å². The lowest BCUT2D eigenvalue weighted by molar-refractivity contribution is 0.101. The Hall–Kier alpha value is -1.51. The van der Waals surface area contributed by atoms with E-state index in [9.17, 15) is 9.90 Å². The number of benzene rings is 1. The molecule has 0 saturated heterocycles. The molecule has 0 atom stereocenters. The van der Waals surface area contributed by atoms with Crippen LogP contribution < -0.4 is 4.90 Å². The van der Waals surface area contributed by atoms with Crippen LogP contribution in [0, 0.1) is 5.92 Å². The summed E-state index contributed by atoms with van der Waals surface area (Å²) < 4.78 is 0. The Bertz CT molecular complexity index is 425. The summed E-state index contributed by atoms with van der Waals surface area (Å²) in [7, 11) is 0. The van der Waals surface area contributed by atoms with Crippen molar-refractivity contribution in [3.8, 4) is 5.75 Å². The van der Waals surface area contributed by atoms with Crippen LogP contribution in [0.4, 0.5) is 5.69 Å². The minimum absolute atomic E-state index is 0.0643. The Morgan fingerprint density at radius 1 is 1.28 bits per heavy atom. The Morgan fingerprint density at radius 2 is 1.89 bits per heavy atom. The van der Waals surface area contributed by atoms with Crippen molar-refractivity contribution < 1.29 is 9.90 Å². The number of anilines is 1. The SMILES string of the molecule is CC(=O)c1ccc(N(CC(C)C)C(C)C)cc1O. The van der Waals surface area contributed by atoms with E-state index in [1.807, 2.05) is 6.07 Å². The zero-order valence-corrected chi connectivity index (χ0v) is 11.9. The molecule has 1 N–H and O–H groups in total. The van der Waals surface area contributed by atoms with Gasteiger partial charge in [-0.15, -0.1) is 0 Å². The van der Waals surface area contributed by atoms with Crippen LogP contribution in [0.3, 0.4) is 0 Å². The molecule has 3 nitrogen and oxygen atoms in total. The van der Waals surface area contributed by atoms with Gasteiger partial charge in [-0.1, -0.05) is 13.8 Å². The molecule has 0 saturated carbocycles. The lowest BCUT2D eigenvalue weighted by Gasteiger charge is -2.31. The monoisotopic (exact) mass is 249 g/mol. The second-order valence-corrected chi connectivity index (χ2v) is 5.40. The molecular formula is C15H23NO2. The minimum atomic E-state index is -0.112. The first-order valence-electron chi connectivity index (χ1n) is 6.43. The Kier molecular flexibility index (Phi) is 4.76. The highest BCUT2D eigenvalue weighted by Gasteiger charge is 2.15. The van der Waals surface area contributed by atoms with E-state index < -0.39 is 0 Å². The first-order valence-corrected chi connectivity index (χ1v) is 6.43. The molecule has 18 heavy (non-hydrogen) atoms. The number of phenols is 1. The third-order valence-corrected chi connectivity index (χ3v) is 2.88. The van der Waals surface area contributed by atoms with Crippen LogP contribution in [-0.2, 0) is 0 Å². The fraction of sp³-hybridized carbons (Fsp3) is 0.533. The van der Waals surface area contributed by atoms with Crippen molar-refractivity contribution in [3.05, 3.63) is 23.8 Å². The molecule has 0 bridgehead atoms. The summed E-state index contributed by atoms with van der Waals surface area (Å²) in [5, 5.41) is 9.88. The maximum atomic E-state index is 11.3. The van der Waals surface area contributed by atoms with Crippen molar-refractivity contribution in [2.45, 2.75) is 40.7 Å². The molecule has 0 fully saturated rings. The summed E-state index contributed by atoms with van der Waals surface area (Å²) in [6.07, 6.45) is 0. The van der Waals surface area contributed by atoms with Crippen molar-refractivity contribution in [2.75, 3.05) is 11.4 Å². The Balaban J connectivity index is 3.07. The summed E-state index contributed by atoms with van der Waals surface area (Å²) in [6, 6.07) is 5.63. The van der Waals surface area contributed by atoms with Crippen LogP contribution in [0.25, 0.3) is 0 Å². The highest BCUT2D eigenvalue weighted by Crippen LogP contribution is 2.27. The first kappa shape index (κ1) is 14.6. The van der Waals surface area contributed by atoms with E-state index in [4.69, 9.17) is 0 Å². The standard InChI is InChI=1S/C15H23NO2/c1-10(2)9-16(11(3)4)13-6-7-14(12(5)17)15(18)8-13/h6-8,10-11,18H,9H2,1-5H3. The van der Waals surface area contributed by atoms with Crippen LogP contribution in [-0.4, -0.2) is 23.5 Å². The van der Waals surface area contributed by atoms with Crippen LogP contribution in [0.5, 0.6) is 5.75 Å². The van der Waals surface area contributed by atoms with Crippen LogP contribution >= 0.6 is 0 Å². The number of rotatable bonds is 5. The third-order valence-electron chi connectivity index (χ3n) is 2.88. The Labute approximate surface area is 109 Å². The highest BCUT2D eigenvalue weighted by molar-refractivity contribution is 5.97. The van der Waals surface area contributed by atoms with Gasteiger partial charge in [-0.05, 0) is 38.8 Å². The topological polar surface area (TPSA) is 40.5 Å². The third kappa shape index (κ3) is 3.49. The molecule has 0 aliphatic heterocycles. The van der Waals surface area contributed by atoms with Crippen molar-refractivity contribution in [1.82, 2.24) is 0 Å². The van der Waals surface area contributed by atoms with Gasteiger partial charge in [0.05, 0.1) is 5.56 Å². The number of hydrogen-bond donors (Lipinski definition) is 1. The number of ketones is 1. The van der Waals surface area contributed by atoms with Gasteiger partial charge in [0, 0.05) is 24.3 Å². The fourth-order valence-corrected chi connectivity index (χ4v) is 2.00. The number of Topliss-reactive ketones (excluding diaryl/α,β-unsaturated/α-hetero) is 1. The number of carbonyl (C=O) groups excluding carboxylic acids is 1. The number of hydrogen-bond acceptors (Lipinski definition) is 3. The highest BCUT2D eigenvalue weighted by atomic mass is 16.3. The number of nitrogens with zero attached hydrogens (tertiary/aromatic N) is 1. The van der Waals surface area contributed by atoms with Crippen LogP contribution in [0.2, 0.25) is 0 Å². The van der Waals surface area contributed by atoms with Gasteiger partial charge in [-0.3, -0.25) is 4.79 Å². The zero-order valence-electron chi connectivity index (χ0n) is 11.9. The van der Waals surface area contributed by atoms with Crippen molar-refractivity contribution in [1.29, 1.82) is 0 Å². The van der Waals surface area contributed by atoms with E-state index in [0.717, 1.165) is 12.2 Å². The van der Waals surface area contributed by atoms with Gasteiger partial charge >= 0.3 is 0 Å². The predicted molar refractivity (Wildman–Crippen MR) is 75.4 cm³/mol. The molecule has 3 heteroatoms. The molecular weight excluding hydrogens is 226 g/mol. The number of phenolic OH excluding ortho intramolecular Hbond substituents is 1. The molecule has 100 valence electrons. The zero-order chi connectivity index (χ0) is 13.9. The first-order chi connectivity index (χ1) is 8.32. The van der Waals surface area contributed by atoms with E-state index in [1.165, 1.54) is 6.92 Å². The predicted octanol–water partition coefficient (Wildman–Crippen LogP) is 3.47. The number of carbonyl (C=O) groups is 1. The summed E-state index contributed by atoms with van der Waals surface area (Å²) in [5.41, 5.74) is 1.34. The van der Waals surface area contributed by atoms with Gasteiger partial charge in [0.2, 0.25) is 0 Å². The lowest BCUT2D eigenvalue weighted by atomic mass is 10.1. The van der Waals surface area contributed by atoms with Gasteiger partial charge in [0.1, 0.15) is 5.75 Å². The smallest absolute Gasteiger partial charge is 0.163 e. The molecule has 0 amide bonds. The van der Waals surface area contributed by atoms with Crippen molar-refractivity contribution >= 4 is 11.5 Å². The maximum Gasteiger partial charge on any atom is 0.163 e. The van der Waals surface area contributed by atoms with Crippen molar-refractivity contribution in [3.63, 3.8) is 0 Å². The molecule has 0 aromatic heterocycles. The molecule has 1 aromatic carbocycles. The number of aromatic hydroxyl groups is 1. The minimum Gasteiger partial charge on any atom is -0.507 e. The van der Waals surface area contributed by atoms with Gasteiger partial charge in [0.15, 0.2) is 5.78 Å². The summed E-state index contributed by atoms with van der Waals surface area (Å²) >= 11 is 0. The average molecular weight is 249 g/mol. The second-order valence-electron chi connectivity index (χ2n) is 5.40. The maximum absolute atomic E-state index is 11.3. The molecule has 1 rings (SSSR count). The Morgan fingerprint density at radius 3 is 2.28 bits per heavy atom. The molecule has 0 spiro atoms. The summed E-state index contributed by atoms with van der Waals surface area (Å²) in [4.78, 5) is 13.5.